The highest BCUT2D eigenvalue weighted by atomic mass is 16.4. The molecule has 0 rings (SSSR count). The summed E-state index contributed by atoms with van der Waals surface area (Å²) in [6.45, 7) is 11.4. The van der Waals surface area contributed by atoms with Crippen molar-refractivity contribution in [3.63, 3.8) is 0 Å². The van der Waals surface area contributed by atoms with Gasteiger partial charge in [0.05, 0.1) is 0 Å². The second-order valence-corrected chi connectivity index (χ2v) is 7.54. The lowest BCUT2D eigenvalue weighted by atomic mass is 10.1. The minimum Gasteiger partial charge on any atom is -0.481 e. The maximum atomic E-state index is 12.9. The maximum absolute atomic E-state index is 12.9. The summed E-state index contributed by atoms with van der Waals surface area (Å²) in [5.41, 5.74) is 0. The highest BCUT2D eigenvalue weighted by Gasteiger charge is 2.27. The smallest absolute Gasteiger partial charge is 0.303 e. The Morgan fingerprint density at radius 3 is 1.96 bits per heavy atom. The van der Waals surface area contributed by atoms with Crippen molar-refractivity contribution in [1.82, 2.24) is 10.2 Å². The van der Waals surface area contributed by atoms with Gasteiger partial charge in [0.15, 0.2) is 0 Å². The number of nitrogens with one attached hydrogen (secondary N) is 1. The van der Waals surface area contributed by atoms with E-state index in [9.17, 15) is 14.4 Å². The number of carboxylic acid groups (broad SMARTS) is 1. The molecule has 1 atom stereocenters. The Morgan fingerprint density at radius 1 is 0.960 bits per heavy atom. The molecule has 146 valence electrons. The van der Waals surface area contributed by atoms with Crippen molar-refractivity contribution in [3.05, 3.63) is 0 Å². The Hall–Kier alpha value is -1.59. The van der Waals surface area contributed by atoms with Crippen LogP contribution in [-0.2, 0) is 14.4 Å². The molecule has 0 saturated heterocycles. The van der Waals surface area contributed by atoms with E-state index in [0.29, 0.717) is 31.3 Å². The zero-order valence-electron chi connectivity index (χ0n) is 16.5. The van der Waals surface area contributed by atoms with Crippen LogP contribution < -0.4 is 5.32 Å². The van der Waals surface area contributed by atoms with Gasteiger partial charge in [0.1, 0.15) is 6.04 Å². The molecule has 25 heavy (non-hydrogen) atoms. The lowest BCUT2D eigenvalue weighted by molar-refractivity contribution is -0.140. The summed E-state index contributed by atoms with van der Waals surface area (Å²) >= 11 is 0. The third-order valence-corrected chi connectivity index (χ3v) is 3.77. The molecule has 0 aliphatic carbocycles. The zero-order chi connectivity index (χ0) is 19.4. The molecule has 0 aromatic carbocycles. The van der Waals surface area contributed by atoms with Crippen LogP contribution in [0.3, 0.4) is 0 Å². The number of nitrogens with zero attached hydrogens (tertiary/aromatic N) is 1. The van der Waals surface area contributed by atoms with Gasteiger partial charge in [-0.25, -0.2) is 0 Å². The molecular formula is C19H36N2O4. The van der Waals surface area contributed by atoms with E-state index >= 15 is 0 Å². The van der Waals surface area contributed by atoms with Crippen LogP contribution in [-0.4, -0.2) is 46.9 Å². The number of hydrogen-bond acceptors (Lipinski definition) is 3. The van der Waals surface area contributed by atoms with Crippen molar-refractivity contribution in [2.45, 2.75) is 79.2 Å². The minimum atomic E-state index is -0.961. The molecule has 0 fully saturated rings. The summed E-state index contributed by atoms with van der Waals surface area (Å²) in [6, 6.07) is -0.761. The maximum Gasteiger partial charge on any atom is 0.303 e. The number of carboxylic acids is 1. The van der Waals surface area contributed by atoms with Gasteiger partial charge < -0.3 is 15.3 Å². The highest BCUT2D eigenvalue weighted by molar-refractivity contribution is 5.88. The quantitative estimate of drug-likeness (QED) is 0.497. The normalized spacial score (nSPS) is 12.3. The fourth-order valence-corrected chi connectivity index (χ4v) is 2.68. The number of hydrogen-bond donors (Lipinski definition) is 2. The first-order valence-corrected chi connectivity index (χ1v) is 9.47. The number of carbonyl (C=O) groups is 3. The molecule has 0 aromatic rings. The molecule has 6 heteroatoms. The fraction of sp³-hybridized carbons (Fsp3) is 0.842. The van der Waals surface area contributed by atoms with Gasteiger partial charge in [0.2, 0.25) is 11.8 Å². The van der Waals surface area contributed by atoms with Crippen LogP contribution >= 0.6 is 0 Å². The second kappa shape index (κ2) is 12.7. The lowest BCUT2D eigenvalue weighted by Gasteiger charge is -2.30. The summed E-state index contributed by atoms with van der Waals surface area (Å²) < 4.78 is 0. The van der Waals surface area contributed by atoms with Crippen LogP contribution in [0.5, 0.6) is 0 Å². The monoisotopic (exact) mass is 356 g/mol. The largest absolute Gasteiger partial charge is 0.481 e. The molecule has 0 unspecified atom stereocenters. The molecule has 0 aromatic heterocycles. The number of aliphatic carboxylic acids is 1. The molecule has 0 radical (unpaired) electrons. The first-order chi connectivity index (χ1) is 11.7. The van der Waals surface area contributed by atoms with E-state index in [4.69, 9.17) is 5.11 Å². The first-order valence-electron chi connectivity index (χ1n) is 9.47. The van der Waals surface area contributed by atoms with Crippen LogP contribution in [0.1, 0.15) is 73.1 Å². The van der Waals surface area contributed by atoms with E-state index in [1.165, 1.54) is 0 Å². The van der Waals surface area contributed by atoms with Crippen molar-refractivity contribution in [3.8, 4) is 0 Å². The van der Waals surface area contributed by atoms with Gasteiger partial charge in [-0.1, -0.05) is 47.5 Å². The van der Waals surface area contributed by atoms with E-state index in [1.54, 1.807) is 4.90 Å². The topological polar surface area (TPSA) is 86.7 Å². The molecule has 6 nitrogen and oxygen atoms in total. The number of carbonyl (C=O) groups excluding carboxylic acids is 2. The van der Waals surface area contributed by atoms with Crippen LogP contribution in [0.4, 0.5) is 0 Å². The molecule has 0 spiro atoms. The van der Waals surface area contributed by atoms with Crippen molar-refractivity contribution in [1.29, 1.82) is 0 Å². The van der Waals surface area contributed by atoms with Gasteiger partial charge in [-0.3, -0.25) is 14.4 Å². The van der Waals surface area contributed by atoms with Gasteiger partial charge >= 0.3 is 5.97 Å². The lowest BCUT2D eigenvalue weighted by Crippen LogP contribution is -2.50. The molecule has 0 aliphatic rings. The number of unbranched alkanes of at least 4 members (excludes halogenated alkanes) is 2. The average molecular weight is 357 g/mol. The van der Waals surface area contributed by atoms with Gasteiger partial charge in [0.25, 0.3) is 0 Å². The molecule has 0 saturated carbocycles. The van der Waals surface area contributed by atoms with Gasteiger partial charge in [-0.15, -0.1) is 0 Å². The summed E-state index contributed by atoms with van der Waals surface area (Å²) in [6.07, 6.45) is 3.13. The Labute approximate surface area is 152 Å². The van der Waals surface area contributed by atoms with E-state index in [1.807, 2.05) is 27.7 Å². The predicted molar refractivity (Wildman–Crippen MR) is 99.2 cm³/mol. The summed E-state index contributed by atoms with van der Waals surface area (Å²) in [4.78, 5) is 37.7. The van der Waals surface area contributed by atoms with Crippen LogP contribution in [0.2, 0.25) is 0 Å². The minimum absolute atomic E-state index is 0.125. The molecule has 0 aliphatic heterocycles. The summed E-state index contributed by atoms with van der Waals surface area (Å²) in [7, 11) is 0. The summed E-state index contributed by atoms with van der Waals surface area (Å²) in [5, 5.41) is 11.7. The van der Waals surface area contributed by atoms with Crippen molar-refractivity contribution >= 4 is 17.8 Å². The molecule has 0 bridgehead atoms. The van der Waals surface area contributed by atoms with E-state index in [-0.39, 0.29) is 24.7 Å². The second-order valence-electron chi connectivity index (χ2n) is 7.54. The summed E-state index contributed by atoms with van der Waals surface area (Å²) in [5.74, 6) is -0.692. The van der Waals surface area contributed by atoms with Crippen molar-refractivity contribution < 1.29 is 19.5 Å². The van der Waals surface area contributed by atoms with Crippen molar-refractivity contribution in [2.24, 2.45) is 11.8 Å². The van der Waals surface area contributed by atoms with E-state index in [0.717, 1.165) is 19.3 Å². The molecule has 2 amide bonds. The first kappa shape index (κ1) is 23.4. The van der Waals surface area contributed by atoms with Crippen LogP contribution in [0, 0.1) is 11.8 Å². The van der Waals surface area contributed by atoms with Crippen molar-refractivity contribution in [2.75, 3.05) is 13.1 Å². The highest BCUT2D eigenvalue weighted by Crippen LogP contribution is 2.10. The van der Waals surface area contributed by atoms with Crippen LogP contribution in [0.15, 0.2) is 0 Å². The van der Waals surface area contributed by atoms with Gasteiger partial charge in [-0.05, 0) is 24.7 Å². The molecular weight excluding hydrogens is 320 g/mol. The Morgan fingerprint density at radius 2 is 1.52 bits per heavy atom. The van der Waals surface area contributed by atoms with E-state index in [2.05, 4.69) is 12.2 Å². The average Bonchev–Trinajstić information content (AvgIpc) is 2.49. The SMILES string of the molecule is CCCCCC(=O)N[C@@H](CCC(=O)O)C(=O)N(CC(C)C)CC(C)C. The van der Waals surface area contributed by atoms with Gasteiger partial charge in [-0.2, -0.15) is 0 Å². The molecule has 2 N–H and O–H groups in total. The third-order valence-electron chi connectivity index (χ3n) is 3.77. The fourth-order valence-electron chi connectivity index (χ4n) is 2.68. The Kier molecular flexibility index (Phi) is 11.9. The number of rotatable bonds is 13. The van der Waals surface area contributed by atoms with E-state index < -0.39 is 12.0 Å². The standard InChI is InChI=1S/C19H36N2O4/c1-6-7-8-9-17(22)20-16(10-11-18(23)24)19(25)21(12-14(2)3)13-15(4)5/h14-16H,6-13H2,1-5H3,(H,20,22)(H,23,24)/t16-/m0/s1. The Bertz CT molecular complexity index is 412. The van der Waals surface area contributed by atoms with Gasteiger partial charge in [0, 0.05) is 25.9 Å². The third kappa shape index (κ3) is 11.6. The number of amides is 2. The predicted octanol–water partition coefficient (Wildman–Crippen LogP) is 3.06. The van der Waals surface area contributed by atoms with Crippen LogP contribution in [0.25, 0.3) is 0 Å². The Balaban J connectivity index is 5.01. The zero-order valence-corrected chi connectivity index (χ0v) is 16.5. The molecule has 0 heterocycles.